The van der Waals surface area contributed by atoms with Gasteiger partial charge in [-0.15, -0.1) is 0 Å². The average molecular weight is 432 g/mol. The van der Waals surface area contributed by atoms with Gasteiger partial charge in [-0.1, -0.05) is 29.3 Å². The summed E-state index contributed by atoms with van der Waals surface area (Å²) in [4.78, 5) is 12.6. The number of anilines is 1. The van der Waals surface area contributed by atoms with E-state index in [-0.39, 0.29) is 12.5 Å². The van der Waals surface area contributed by atoms with E-state index < -0.39 is 0 Å². The highest BCUT2D eigenvalue weighted by atomic mass is 35.5. The lowest BCUT2D eigenvalue weighted by Crippen LogP contribution is -2.13. The molecule has 0 aliphatic carbocycles. The zero-order valence-corrected chi connectivity index (χ0v) is 17.4. The van der Waals surface area contributed by atoms with E-state index in [0.29, 0.717) is 38.5 Å². The van der Waals surface area contributed by atoms with E-state index in [1.165, 1.54) is 0 Å². The summed E-state index contributed by atoms with van der Waals surface area (Å²) in [6, 6.07) is 17.3. The van der Waals surface area contributed by atoms with Gasteiger partial charge in [0.15, 0.2) is 0 Å². The number of hydrogen-bond acceptors (Lipinski definition) is 4. The van der Waals surface area contributed by atoms with Crippen molar-refractivity contribution in [3.63, 3.8) is 0 Å². The third-order valence-corrected chi connectivity index (χ3v) is 4.89. The zero-order valence-electron chi connectivity index (χ0n) is 15.9. The fraction of sp³-hybridized carbons (Fsp3) is 0.136. The van der Waals surface area contributed by atoms with Gasteiger partial charge in [0.1, 0.15) is 23.9 Å². The Kier molecular flexibility index (Phi) is 6.86. The fourth-order valence-electron chi connectivity index (χ4n) is 2.66. The van der Waals surface area contributed by atoms with E-state index in [1.54, 1.807) is 56.7 Å². The second-order valence-corrected chi connectivity index (χ2v) is 6.89. The number of rotatable bonds is 7. The van der Waals surface area contributed by atoms with Crippen LogP contribution in [0.2, 0.25) is 10.0 Å². The van der Waals surface area contributed by atoms with Gasteiger partial charge in [0.2, 0.25) is 0 Å². The first-order valence-electron chi connectivity index (χ1n) is 8.70. The molecule has 3 rings (SSSR count). The summed E-state index contributed by atoms with van der Waals surface area (Å²) in [5, 5.41) is 3.59. The van der Waals surface area contributed by atoms with Crippen LogP contribution in [0.25, 0.3) is 0 Å². The lowest BCUT2D eigenvalue weighted by atomic mass is 10.1. The van der Waals surface area contributed by atoms with Crippen LogP contribution in [0, 0.1) is 0 Å². The second-order valence-electron chi connectivity index (χ2n) is 6.08. The third kappa shape index (κ3) is 5.34. The Labute approximate surface area is 179 Å². The maximum absolute atomic E-state index is 12.6. The smallest absolute Gasteiger partial charge is 0.255 e. The topological polar surface area (TPSA) is 56.8 Å². The summed E-state index contributed by atoms with van der Waals surface area (Å²) >= 11 is 11.9. The molecule has 0 atom stereocenters. The zero-order chi connectivity index (χ0) is 20.8. The minimum atomic E-state index is -0.284. The van der Waals surface area contributed by atoms with Gasteiger partial charge in [-0.3, -0.25) is 4.79 Å². The molecule has 150 valence electrons. The van der Waals surface area contributed by atoms with Crippen LogP contribution >= 0.6 is 23.2 Å². The van der Waals surface area contributed by atoms with Crippen LogP contribution in [-0.4, -0.2) is 20.1 Å². The molecule has 3 aromatic carbocycles. The third-order valence-electron chi connectivity index (χ3n) is 4.16. The Morgan fingerprint density at radius 2 is 1.69 bits per heavy atom. The summed E-state index contributed by atoms with van der Waals surface area (Å²) in [7, 11) is 3.16. The molecule has 29 heavy (non-hydrogen) atoms. The predicted molar refractivity (Wildman–Crippen MR) is 115 cm³/mol. The van der Waals surface area contributed by atoms with E-state index >= 15 is 0 Å². The van der Waals surface area contributed by atoms with Crippen molar-refractivity contribution in [2.45, 2.75) is 6.61 Å². The maximum atomic E-state index is 12.6. The van der Waals surface area contributed by atoms with Gasteiger partial charge in [0.25, 0.3) is 5.91 Å². The first kappa shape index (κ1) is 20.8. The van der Waals surface area contributed by atoms with Crippen LogP contribution in [0.3, 0.4) is 0 Å². The molecular weight excluding hydrogens is 413 g/mol. The van der Waals surface area contributed by atoms with Crippen molar-refractivity contribution in [1.82, 2.24) is 0 Å². The quantitative estimate of drug-likeness (QED) is 0.510. The van der Waals surface area contributed by atoms with Crippen LogP contribution in [-0.2, 0) is 6.61 Å². The summed E-state index contributed by atoms with van der Waals surface area (Å²) in [6.45, 7) is 0.226. The fourth-order valence-corrected chi connectivity index (χ4v) is 2.96. The molecule has 0 saturated heterocycles. The summed E-state index contributed by atoms with van der Waals surface area (Å²) in [5.74, 6) is 1.69. The lowest BCUT2D eigenvalue weighted by molar-refractivity contribution is 0.102. The first-order chi connectivity index (χ1) is 14.0. The van der Waals surface area contributed by atoms with Gasteiger partial charge in [0.05, 0.1) is 24.3 Å². The highest BCUT2D eigenvalue weighted by Crippen LogP contribution is 2.27. The van der Waals surface area contributed by atoms with E-state index in [1.807, 2.05) is 18.2 Å². The number of ether oxygens (including phenoxy) is 3. The molecule has 0 aliphatic rings. The van der Waals surface area contributed by atoms with E-state index in [9.17, 15) is 4.79 Å². The van der Waals surface area contributed by atoms with Crippen molar-refractivity contribution in [2.75, 3.05) is 19.5 Å². The standard InChI is InChI=1S/C22H19Cl2NO4/c1-27-17-4-3-5-18(12-17)29-13-15-10-14(6-9-21(15)28-2)22(26)25-16-7-8-19(23)20(24)11-16/h3-12H,13H2,1-2H3,(H,25,26). The molecule has 5 nitrogen and oxygen atoms in total. The van der Waals surface area contributed by atoms with Gasteiger partial charge in [-0.2, -0.15) is 0 Å². The Hall–Kier alpha value is -2.89. The average Bonchev–Trinajstić information content (AvgIpc) is 2.74. The SMILES string of the molecule is COc1cccc(OCc2cc(C(=O)Nc3ccc(Cl)c(Cl)c3)ccc2OC)c1. The van der Waals surface area contributed by atoms with Crippen LogP contribution in [0.5, 0.6) is 17.2 Å². The molecule has 0 radical (unpaired) electrons. The molecule has 0 heterocycles. The maximum Gasteiger partial charge on any atom is 0.255 e. The van der Waals surface area contributed by atoms with Crippen LogP contribution in [0.4, 0.5) is 5.69 Å². The van der Waals surface area contributed by atoms with E-state index in [0.717, 1.165) is 5.56 Å². The summed E-state index contributed by atoms with van der Waals surface area (Å²) in [5.41, 5.74) is 1.74. The highest BCUT2D eigenvalue weighted by molar-refractivity contribution is 6.42. The molecule has 0 bridgehead atoms. The second kappa shape index (κ2) is 9.54. The molecule has 1 N–H and O–H groups in total. The van der Waals surface area contributed by atoms with Crippen molar-refractivity contribution in [3.05, 3.63) is 81.8 Å². The van der Waals surface area contributed by atoms with Crippen molar-refractivity contribution in [1.29, 1.82) is 0 Å². The van der Waals surface area contributed by atoms with E-state index in [2.05, 4.69) is 5.32 Å². The number of hydrogen-bond donors (Lipinski definition) is 1. The van der Waals surface area contributed by atoms with Crippen LogP contribution < -0.4 is 19.5 Å². The van der Waals surface area contributed by atoms with Crippen molar-refractivity contribution in [2.24, 2.45) is 0 Å². The van der Waals surface area contributed by atoms with Crippen LogP contribution in [0.1, 0.15) is 15.9 Å². The highest BCUT2D eigenvalue weighted by Gasteiger charge is 2.12. The first-order valence-corrected chi connectivity index (χ1v) is 9.46. The molecule has 0 spiro atoms. The minimum absolute atomic E-state index is 0.226. The Morgan fingerprint density at radius 3 is 2.41 bits per heavy atom. The monoisotopic (exact) mass is 431 g/mol. The predicted octanol–water partition coefficient (Wildman–Crippen LogP) is 5.84. The number of carbonyl (C=O) groups excluding carboxylic acids is 1. The number of methoxy groups -OCH3 is 2. The molecule has 7 heteroatoms. The molecule has 0 aromatic heterocycles. The number of benzene rings is 3. The lowest BCUT2D eigenvalue weighted by Gasteiger charge is -2.13. The number of halogens is 2. The Morgan fingerprint density at radius 1 is 0.897 bits per heavy atom. The summed E-state index contributed by atoms with van der Waals surface area (Å²) in [6.07, 6.45) is 0. The van der Waals surface area contributed by atoms with Crippen molar-refractivity contribution >= 4 is 34.8 Å². The van der Waals surface area contributed by atoms with Gasteiger partial charge < -0.3 is 19.5 Å². The van der Waals surface area contributed by atoms with Crippen molar-refractivity contribution < 1.29 is 19.0 Å². The molecule has 0 aliphatic heterocycles. The van der Waals surface area contributed by atoms with Gasteiger partial charge in [-0.25, -0.2) is 0 Å². The van der Waals surface area contributed by atoms with Gasteiger partial charge in [0, 0.05) is 22.9 Å². The minimum Gasteiger partial charge on any atom is -0.497 e. The molecule has 0 unspecified atom stereocenters. The van der Waals surface area contributed by atoms with Gasteiger partial charge >= 0.3 is 0 Å². The Balaban J connectivity index is 1.76. The molecule has 0 saturated carbocycles. The molecular formula is C22H19Cl2NO4. The Bertz CT molecular complexity index is 1020. The normalized spacial score (nSPS) is 10.3. The number of amides is 1. The summed E-state index contributed by atoms with van der Waals surface area (Å²) < 4.78 is 16.4. The number of nitrogens with one attached hydrogen (secondary N) is 1. The van der Waals surface area contributed by atoms with Gasteiger partial charge in [-0.05, 0) is 48.5 Å². The van der Waals surface area contributed by atoms with Crippen LogP contribution in [0.15, 0.2) is 60.7 Å². The number of carbonyl (C=O) groups is 1. The molecule has 3 aromatic rings. The van der Waals surface area contributed by atoms with Crippen molar-refractivity contribution in [3.8, 4) is 17.2 Å². The largest absolute Gasteiger partial charge is 0.497 e. The van der Waals surface area contributed by atoms with E-state index in [4.69, 9.17) is 37.4 Å². The molecule has 1 amide bonds. The molecule has 0 fully saturated rings.